The van der Waals surface area contributed by atoms with E-state index in [2.05, 4.69) is 43.3 Å². The van der Waals surface area contributed by atoms with Crippen molar-refractivity contribution in [1.29, 1.82) is 0 Å². The van der Waals surface area contributed by atoms with E-state index in [0.29, 0.717) is 39.0 Å². The summed E-state index contributed by atoms with van der Waals surface area (Å²) in [6, 6.07) is 0. The second-order valence-corrected chi connectivity index (χ2v) is 18.0. The lowest BCUT2D eigenvalue weighted by atomic mass is 10.0. The van der Waals surface area contributed by atoms with Crippen LogP contribution in [-0.4, -0.2) is 80.5 Å². The van der Waals surface area contributed by atoms with Crippen LogP contribution in [0.1, 0.15) is 227 Å². The number of carbonyl (C=O) groups excluding carboxylic acids is 4. The van der Waals surface area contributed by atoms with Crippen LogP contribution in [-0.2, 0) is 33.3 Å². The number of allylic oxidation sites excluding steroid dienone is 2. The summed E-state index contributed by atoms with van der Waals surface area (Å²) in [6.07, 6.45) is 37.7. The lowest BCUT2D eigenvalue weighted by Gasteiger charge is -2.20. The fourth-order valence-electron chi connectivity index (χ4n) is 7.00. The van der Waals surface area contributed by atoms with Crippen molar-refractivity contribution in [2.45, 2.75) is 239 Å². The van der Waals surface area contributed by atoms with Gasteiger partial charge in [-0.25, -0.2) is 4.79 Å². The van der Waals surface area contributed by atoms with Crippen LogP contribution >= 0.6 is 0 Å². The summed E-state index contributed by atoms with van der Waals surface area (Å²) in [7, 11) is 2.10. The van der Waals surface area contributed by atoms with Gasteiger partial charge in [-0.3, -0.25) is 14.4 Å². The highest BCUT2D eigenvalue weighted by Gasteiger charge is 2.16. The van der Waals surface area contributed by atoms with E-state index in [-0.39, 0.29) is 30.1 Å². The molecule has 356 valence electrons. The summed E-state index contributed by atoms with van der Waals surface area (Å²) in [5, 5.41) is 2.82. The summed E-state index contributed by atoms with van der Waals surface area (Å²) in [4.78, 5) is 51.2. The zero-order valence-corrected chi connectivity index (χ0v) is 40.3. The Labute approximate surface area is 374 Å². The van der Waals surface area contributed by atoms with Crippen molar-refractivity contribution < 1.29 is 38.1 Å². The smallest absolute Gasteiger partial charge is 0.407 e. The number of rotatable bonds is 42. The van der Waals surface area contributed by atoms with Crippen molar-refractivity contribution in [3.63, 3.8) is 0 Å². The standard InChI is InChI=1S/C51H94N2O8/c1-7-9-11-13-15-25-33-44-58-47(54)38-29-21-17-19-27-36-46(37-28-20-18-22-30-39-48(55)59-45-34-26-16-14-12-10-8-2)60-49(56)40-35-43-53(6)42-32-24-23-31-41-52-50(57)61-51(3,4)5/h25-26,33-34,46H,7-24,27-32,35-45H2,1-6H3,(H,52,57)/b33-25-,34-26-. The first-order chi connectivity index (χ1) is 29.5. The minimum absolute atomic E-state index is 0.0700. The quantitative estimate of drug-likeness (QED) is 0.0277. The fraction of sp³-hybridized carbons (Fsp3) is 0.843. The van der Waals surface area contributed by atoms with E-state index in [9.17, 15) is 19.2 Å². The molecule has 0 radical (unpaired) electrons. The molecule has 0 aliphatic rings. The summed E-state index contributed by atoms with van der Waals surface area (Å²) >= 11 is 0. The van der Waals surface area contributed by atoms with Crippen LogP contribution in [0.15, 0.2) is 24.3 Å². The summed E-state index contributed by atoms with van der Waals surface area (Å²) in [5.41, 5.74) is -0.481. The molecular formula is C51H94N2O8. The van der Waals surface area contributed by atoms with Crippen molar-refractivity contribution >= 4 is 24.0 Å². The third kappa shape index (κ3) is 45.0. The van der Waals surface area contributed by atoms with Gasteiger partial charge in [0.1, 0.15) is 24.9 Å². The second-order valence-electron chi connectivity index (χ2n) is 18.0. The van der Waals surface area contributed by atoms with Gasteiger partial charge in [-0.15, -0.1) is 0 Å². The number of nitrogens with zero attached hydrogens (tertiary/aromatic N) is 1. The Kier molecular flexibility index (Phi) is 40.4. The number of alkyl carbamates (subject to hydrolysis) is 1. The first-order valence-corrected chi connectivity index (χ1v) is 24.9. The van der Waals surface area contributed by atoms with Crippen molar-refractivity contribution in [2.24, 2.45) is 0 Å². The SMILES string of the molecule is CCCCCC/C=C\COC(=O)CCCCCCCC(CCCCCCCC(=O)OC/C=C\CCCCCC)OC(=O)CCCN(C)CCCCCCNC(=O)OC(C)(C)C. The lowest BCUT2D eigenvalue weighted by Crippen LogP contribution is -2.33. The molecule has 1 amide bonds. The van der Waals surface area contributed by atoms with E-state index in [1.54, 1.807) is 0 Å². The number of hydrogen-bond donors (Lipinski definition) is 1. The topological polar surface area (TPSA) is 120 Å². The van der Waals surface area contributed by atoms with Crippen molar-refractivity contribution in [1.82, 2.24) is 10.2 Å². The van der Waals surface area contributed by atoms with Gasteiger partial charge in [0, 0.05) is 25.8 Å². The van der Waals surface area contributed by atoms with Crippen molar-refractivity contribution in [3.8, 4) is 0 Å². The fourth-order valence-corrected chi connectivity index (χ4v) is 7.00. The first-order valence-electron chi connectivity index (χ1n) is 24.9. The van der Waals surface area contributed by atoms with Gasteiger partial charge in [-0.05, 0) is 124 Å². The van der Waals surface area contributed by atoms with Crippen LogP contribution in [0, 0.1) is 0 Å². The number of ether oxygens (including phenoxy) is 4. The van der Waals surface area contributed by atoms with Gasteiger partial charge in [-0.2, -0.15) is 0 Å². The Morgan fingerprint density at radius 1 is 0.525 bits per heavy atom. The Bertz CT molecular complexity index is 1070. The molecule has 0 aliphatic carbocycles. The zero-order chi connectivity index (χ0) is 45.1. The Morgan fingerprint density at radius 3 is 1.49 bits per heavy atom. The molecule has 0 rings (SSSR count). The predicted molar refractivity (Wildman–Crippen MR) is 252 cm³/mol. The van der Waals surface area contributed by atoms with Gasteiger partial charge < -0.3 is 29.2 Å². The third-order valence-corrected chi connectivity index (χ3v) is 10.6. The molecule has 1 N–H and O–H groups in total. The molecule has 0 saturated heterocycles. The number of hydrogen-bond acceptors (Lipinski definition) is 9. The molecule has 0 atom stereocenters. The molecule has 10 heteroatoms. The molecular weight excluding hydrogens is 769 g/mol. The average Bonchev–Trinajstić information content (AvgIpc) is 3.20. The summed E-state index contributed by atoms with van der Waals surface area (Å²) < 4.78 is 22.0. The number of carbonyl (C=O) groups is 4. The van der Waals surface area contributed by atoms with Gasteiger partial charge in [0.05, 0.1) is 0 Å². The largest absolute Gasteiger partial charge is 0.462 e. The highest BCUT2D eigenvalue weighted by molar-refractivity contribution is 5.70. The molecule has 61 heavy (non-hydrogen) atoms. The van der Waals surface area contributed by atoms with E-state index < -0.39 is 5.60 Å². The van der Waals surface area contributed by atoms with Gasteiger partial charge in [0.2, 0.25) is 0 Å². The molecule has 0 aromatic rings. The molecule has 0 aliphatic heterocycles. The summed E-state index contributed by atoms with van der Waals surface area (Å²) in [5.74, 6) is -0.344. The lowest BCUT2D eigenvalue weighted by molar-refractivity contribution is -0.150. The molecule has 0 aromatic heterocycles. The molecule has 0 heterocycles. The maximum Gasteiger partial charge on any atom is 0.407 e. The molecule has 0 bridgehead atoms. The normalized spacial score (nSPS) is 11.9. The van der Waals surface area contributed by atoms with Crippen LogP contribution in [0.3, 0.4) is 0 Å². The van der Waals surface area contributed by atoms with Crippen molar-refractivity contribution in [2.75, 3.05) is 39.9 Å². The second kappa shape index (κ2) is 42.4. The van der Waals surface area contributed by atoms with E-state index in [1.807, 2.05) is 32.9 Å². The first kappa shape index (κ1) is 58.1. The van der Waals surface area contributed by atoms with Crippen LogP contribution < -0.4 is 5.32 Å². The minimum atomic E-state index is -0.481. The number of esters is 3. The van der Waals surface area contributed by atoms with Crippen LogP contribution in [0.4, 0.5) is 4.79 Å². The molecule has 0 spiro atoms. The molecule has 0 fully saturated rings. The maximum atomic E-state index is 13.0. The van der Waals surface area contributed by atoms with Gasteiger partial charge in [-0.1, -0.05) is 128 Å². The Morgan fingerprint density at radius 2 is 0.967 bits per heavy atom. The highest BCUT2D eigenvalue weighted by Crippen LogP contribution is 2.18. The van der Waals surface area contributed by atoms with Crippen LogP contribution in [0.2, 0.25) is 0 Å². The van der Waals surface area contributed by atoms with E-state index in [1.165, 1.54) is 51.4 Å². The van der Waals surface area contributed by atoms with Crippen molar-refractivity contribution in [3.05, 3.63) is 24.3 Å². The molecule has 0 aromatic carbocycles. The van der Waals surface area contributed by atoms with Gasteiger partial charge >= 0.3 is 24.0 Å². The van der Waals surface area contributed by atoms with Crippen LogP contribution in [0.5, 0.6) is 0 Å². The molecule has 0 saturated carbocycles. The maximum absolute atomic E-state index is 13.0. The van der Waals surface area contributed by atoms with Crippen LogP contribution in [0.25, 0.3) is 0 Å². The number of unbranched alkanes of at least 4 members (excludes halogenated alkanes) is 19. The average molecular weight is 863 g/mol. The van der Waals surface area contributed by atoms with E-state index in [0.717, 1.165) is 135 Å². The van der Waals surface area contributed by atoms with Gasteiger partial charge in [0.15, 0.2) is 0 Å². The molecule has 10 nitrogen and oxygen atoms in total. The third-order valence-electron chi connectivity index (χ3n) is 10.6. The monoisotopic (exact) mass is 863 g/mol. The number of amides is 1. The minimum Gasteiger partial charge on any atom is -0.462 e. The van der Waals surface area contributed by atoms with E-state index >= 15 is 0 Å². The zero-order valence-electron chi connectivity index (χ0n) is 40.3. The Balaban J connectivity index is 4.44. The van der Waals surface area contributed by atoms with Gasteiger partial charge in [0.25, 0.3) is 0 Å². The number of nitrogens with one attached hydrogen (secondary N) is 1. The Hall–Kier alpha value is -2.88. The summed E-state index contributed by atoms with van der Waals surface area (Å²) in [6.45, 7) is 13.2. The molecule has 0 unspecified atom stereocenters. The highest BCUT2D eigenvalue weighted by atomic mass is 16.6. The van der Waals surface area contributed by atoms with E-state index in [4.69, 9.17) is 18.9 Å². The predicted octanol–water partition coefficient (Wildman–Crippen LogP) is 13.3.